The summed E-state index contributed by atoms with van der Waals surface area (Å²) in [5.74, 6) is 1.36. The smallest absolute Gasteiger partial charge is 0.254 e. The quantitative estimate of drug-likeness (QED) is 0.534. The fourth-order valence-electron chi connectivity index (χ4n) is 5.69. The molecule has 1 saturated carbocycles. The van der Waals surface area contributed by atoms with E-state index < -0.39 is 10.0 Å². The number of nitrogens with one attached hydrogen (secondary N) is 1. The van der Waals surface area contributed by atoms with Crippen molar-refractivity contribution < 1.29 is 17.9 Å². The molecule has 1 N–H and O–H groups in total. The van der Waals surface area contributed by atoms with E-state index in [4.69, 9.17) is 4.74 Å². The van der Waals surface area contributed by atoms with Crippen molar-refractivity contribution in [2.45, 2.75) is 70.6 Å². The Morgan fingerprint density at radius 1 is 0.972 bits per heavy atom. The molecule has 6 nitrogen and oxygen atoms in total. The van der Waals surface area contributed by atoms with Gasteiger partial charge in [-0.1, -0.05) is 56.3 Å². The molecule has 0 aromatic heterocycles. The Kier molecular flexibility index (Phi) is 8.86. The highest BCUT2D eigenvalue weighted by molar-refractivity contribution is 7.88. The van der Waals surface area contributed by atoms with E-state index in [0.29, 0.717) is 31.1 Å². The zero-order valence-electron chi connectivity index (χ0n) is 21.7. The third-order valence-electron chi connectivity index (χ3n) is 7.81. The molecule has 0 radical (unpaired) electrons. The Balaban J connectivity index is 1.48. The first-order chi connectivity index (χ1) is 17.2. The van der Waals surface area contributed by atoms with Crippen molar-refractivity contribution in [1.29, 1.82) is 0 Å². The molecule has 2 aromatic carbocycles. The Morgan fingerprint density at radius 2 is 1.61 bits per heavy atom. The largest absolute Gasteiger partial charge is 0.376 e. The van der Waals surface area contributed by atoms with E-state index in [-0.39, 0.29) is 24.1 Å². The van der Waals surface area contributed by atoms with Crippen LogP contribution in [0.25, 0.3) is 11.1 Å². The lowest BCUT2D eigenvalue weighted by Gasteiger charge is -2.42. The molecule has 0 unspecified atom stereocenters. The molecule has 1 aliphatic heterocycles. The average molecular weight is 513 g/mol. The second kappa shape index (κ2) is 11.9. The van der Waals surface area contributed by atoms with Gasteiger partial charge in [0, 0.05) is 18.2 Å². The minimum absolute atomic E-state index is 0.0771. The van der Waals surface area contributed by atoms with E-state index >= 15 is 0 Å². The van der Waals surface area contributed by atoms with Gasteiger partial charge in [0.25, 0.3) is 5.91 Å². The van der Waals surface area contributed by atoms with Gasteiger partial charge in [-0.05, 0) is 73.6 Å². The molecule has 1 aliphatic carbocycles. The molecule has 2 aliphatic rings. The van der Waals surface area contributed by atoms with Crippen LogP contribution < -0.4 is 4.72 Å². The van der Waals surface area contributed by atoms with E-state index in [1.54, 1.807) is 0 Å². The molecular weight excluding hydrogens is 472 g/mol. The van der Waals surface area contributed by atoms with Crippen LogP contribution >= 0.6 is 0 Å². The van der Waals surface area contributed by atoms with E-state index in [0.717, 1.165) is 49.1 Å². The summed E-state index contributed by atoms with van der Waals surface area (Å²) in [6.07, 6.45) is 7.16. The molecule has 2 atom stereocenters. The van der Waals surface area contributed by atoms with Gasteiger partial charge in [0.1, 0.15) is 0 Å². The summed E-state index contributed by atoms with van der Waals surface area (Å²) in [6.45, 7) is 5.50. The summed E-state index contributed by atoms with van der Waals surface area (Å²) in [5.41, 5.74) is 2.77. The number of sulfonamides is 1. The summed E-state index contributed by atoms with van der Waals surface area (Å²) in [7, 11) is -3.41. The Labute approximate surface area is 216 Å². The highest BCUT2D eigenvalue weighted by Crippen LogP contribution is 2.32. The molecule has 36 heavy (non-hydrogen) atoms. The number of rotatable bonds is 8. The number of amides is 1. The first kappa shape index (κ1) is 26.8. The van der Waals surface area contributed by atoms with Gasteiger partial charge in [0.15, 0.2) is 0 Å². The van der Waals surface area contributed by atoms with Crippen molar-refractivity contribution in [1.82, 2.24) is 9.62 Å². The van der Waals surface area contributed by atoms with E-state index in [1.165, 1.54) is 6.26 Å². The number of likely N-dealkylation sites (tertiary alicyclic amines) is 1. The molecule has 1 saturated heterocycles. The van der Waals surface area contributed by atoms with Crippen LogP contribution in [0.1, 0.15) is 62.7 Å². The number of carbonyl (C=O) groups excluding carboxylic acids is 1. The average Bonchev–Trinajstić information content (AvgIpc) is 2.87. The number of carbonyl (C=O) groups is 1. The first-order valence-electron chi connectivity index (χ1n) is 13.3. The van der Waals surface area contributed by atoms with Gasteiger partial charge in [-0.2, -0.15) is 0 Å². The monoisotopic (exact) mass is 512 g/mol. The summed E-state index contributed by atoms with van der Waals surface area (Å²) in [6, 6.07) is 17.0. The third-order valence-corrected chi connectivity index (χ3v) is 8.54. The second-order valence-corrected chi connectivity index (χ2v) is 12.5. The van der Waals surface area contributed by atoms with Crippen LogP contribution in [-0.4, -0.2) is 56.8 Å². The topological polar surface area (TPSA) is 75.7 Å². The van der Waals surface area contributed by atoms with Crippen molar-refractivity contribution in [3.05, 3.63) is 60.2 Å². The lowest BCUT2D eigenvalue weighted by atomic mass is 9.80. The number of benzene rings is 2. The summed E-state index contributed by atoms with van der Waals surface area (Å²) < 4.78 is 33.4. The van der Waals surface area contributed by atoms with Gasteiger partial charge in [-0.15, -0.1) is 0 Å². The van der Waals surface area contributed by atoms with Crippen molar-refractivity contribution >= 4 is 15.9 Å². The van der Waals surface area contributed by atoms with E-state index in [1.807, 2.05) is 59.5 Å². The molecular formula is C29H40N2O4S. The molecule has 0 spiro atoms. The minimum atomic E-state index is -3.41. The van der Waals surface area contributed by atoms with Gasteiger partial charge in [-0.3, -0.25) is 4.79 Å². The second-order valence-electron chi connectivity index (χ2n) is 10.8. The molecule has 1 amide bonds. The molecule has 2 aromatic rings. The van der Waals surface area contributed by atoms with Crippen LogP contribution in [0.3, 0.4) is 0 Å². The zero-order chi connectivity index (χ0) is 25.7. The number of piperidine rings is 1. The van der Waals surface area contributed by atoms with E-state index in [2.05, 4.69) is 18.6 Å². The minimum Gasteiger partial charge on any atom is -0.376 e. The van der Waals surface area contributed by atoms with Crippen molar-refractivity contribution in [2.24, 2.45) is 11.8 Å². The van der Waals surface area contributed by atoms with Gasteiger partial charge in [0.05, 0.1) is 25.0 Å². The maximum absolute atomic E-state index is 13.6. The Morgan fingerprint density at radius 3 is 2.22 bits per heavy atom. The predicted molar refractivity (Wildman–Crippen MR) is 144 cm³/mol. The third kappa shape index (κ3) is 6.96. The summed E-state index contributed by atoms with van der Waals surface area (Å²) >= 11 is 0. The summed E-state index contributed by atoms with van der Waals surface area (Å²) in [4.78, 5) is 15.5. The molecule has 2 fully saturated rings. The fourth-order valence-corrected chi connectivity index (χ4v) is 6.51. The lowest BCUT2D eigenvalue weighted by Crippen LogP contribution is -2.59. The number of hydrogen-bond donors (Lipinski definition) is 1. The molecule has 7 heteroatoms. The van der Waals surface area contributed by atoms with E-state index in [9.17, 15) is 13.2 Å². The zero-order valence-corrected chi connectivity index (χ0v) is 22.5. The molecule has 0 bridgehead atoms. The predicted octanol–water partition coefficient (Wildman–Crippen LogP) is 5.11. The van der Waals surface area contributed by atoms with Crippen molar-refractivity contribution in [3.8, 4) is 11.1 Å². The molecule has 1 heterocycles. The first-order valence-corrected chi connectivity index (χ1v) is 15.2. The maximum atomic E-state index is 13.6. The van der Waals surface area contributed by atoms with Crippen molar-refractivity contribution in [2.75, 3.05) is 19.4 Å². The highest BCUT2D eigenvalue weighted by atomic mass is 32.2. The van der Waals surface area contributed by atoms with Crippen LogP contribution in [0.2, 0.25) is 0 Å². The molecule has 196 valence electrons. The number of hydrogen-bond acceptors (Lipinski definition) is 4. The normalized spacial score (nSPS) is 25.2. The van der Waals surface area contributed by atoms with Gasteiger partial charge >= 0.3 is 0 Å². The SMILES string of the molecule is CC(C)[C@H]1CC[C@@H](OC[C@H]2[C@@H](NS(C)(=O)=O)CCCN2C(=O)c2ccc(-c3ccccc3)cc2)CC1. The lowest BCUT2D eigenvalue weighted by molar-refractivity contribution is -0.0282. The summed E-state index contributed by atoms with van der Waals surface area (Å²) in [5, 5.41) is 0. The fraction of sp³-hybridized carbons (Fsp3) is 0.552. The van der Waals surface area contributed by atoms with Crippen LogP contribution in [0.4, 0.5) is 0 Å². The van der Waals surface area contributed by atoms with Crippen LogP contribution in [0.5, 0.6) is 0 Å². The highest BCUT2D eigenvalue weighted by Gasteiger charge is 2.37. The van der Waals surface area contributed by atoms with Crippen molar-refractivity contribution in [3.63, 3.8) is 0 Å². The van der Waals surface area contributed by atoms with Crippen LogP contribution in [-0.2, 0) is 14.8 Å². The van der Waals surface area contributed by atoms with Gasteiger partial charge in [-0.25, -0.2) is 13.1 Å². The van der Waals surface area contributed by atoms with Gasteiger partial charge < -0.3 is 9.64 Å². The standard InChI is InChI=1S/C29H40N2O4S/c1-21(2)22-15-17-26(18-16-22)35-20-28-27(30-36(3,33)34)10-7-19-31(28)29(32)25-13-11-24(12-14-25)23-8-5-4-6-9-23/h4-6,8-9,11-14,21-22,26-28,30H,7,10,15-20H2,1-3H3/t22-,26+,27-,28-/m0/s1. The molecule has 4 rings (SSSR count). The maximum Gasteiger partial charge on any atom is 0.254 e. The Hall–Kier alpha value is -2.22. The Bertz CT molecular complexity index is 1090. The van der Waals surface area contributed by atoms with Crippen LogP contribution in [0, 0.1) is 11.8 Å². The van der Waals surface area contributed by atoms with Crippen LogP contribution in [0.15, 0.2) is 54.6 Å². The van der Waals surface area contributed by atoms with Gasteiger partial charge in [0.2, 0.25) is 10.0 Å². The number of nitrogens with zero attached hydrogens (tertiary/aromatic N) is 1. The number of ether oxygens (including phenoxy) is 1.